The van der Waals surface area contributed by atoms with Gasteiger partial charge < -0.3 is 144 Å². The first-order chi connectivity index (χ1) is 32.1. The Labute approximate surface area is 386 Å². The van der Waals surface area contributed by atoms with Gasteiger partial charge in [-0.2, -0.15) is 0 Å². The minimum atomic E-state index is -2.09. The molecule has 0 aromatic carbocycles. The van der Waals surface area contributed by atoms with Crippen LogP contribution in [0.2, 0.25) is 0 Å². The van der Waals surface area contributed by atoms with Crippen LogP contribution in [0.1, 0.15) is 20.8 Å². The van der Waals surface area contributed by atoms with Crippen molar-refractivity contribution in [2.75, 3.05) is 26.4 Å². The minimum Gasteiger partial charge on any atom is -0.394 e. The molecule has 6 saturated heterocycles. The van der Waals surface area contributed by atoms with Crippen molar-refractivity contribution >= 4 is 5.91 Å². The first-order valence-electron chi connectivity index (χ1n) is 21.8. The molecule has 0 saturated carbocycles. The minimum absolute atomic E-state index is 0.888. The van der Waals surface area contributed by atoms with Crippen LogP contribution >= 0.6 is 0 Å². The largest absolute Gasteiger partial charge is 0.394 e. The molecule has 0 bridgehead atoms. The van der Waals surface area contributed by atoms with Crippen molar-refractivity contribution in [3.63, 3.8) is 0 Å². The number of carbonyl (C=O) groups excluding carboxylic acids is 1. The van der Waals surface area contributed by atoms with Crippen LogP contribution in [0.3, 0.4) is 0 Å². The fraction of sp³-hybridized carbons (Fsp3) is 0.974. The molecule has 30 heteroatoms. The first-order valence-corrected chi connectivity index (χ1v) is 21.8. The summed E-state index contributed by atoms with van der Waals surface area (Å²) < 4.78 is 64.6. The second kappa shape index (κ2) is 23.5. The molecule has 6 rings (SSSR count). The van der Waals surface area contributed by atoms with E-state index in [1.807, 2.05) is 0 Å². The fourth-order valence-electron chi connectivity index (χ4n) is 8.77. The Morgan fingerprint density at radius 3 is 1.29 bits per heavy atom. The van der Waals surface area contributed by atoms with Crippen molar-refractivity contribution in [1.82, 2.24) is 5.32 Å². The maximum atomic E-state index is 13.1. The van der Waals surface area contributed by atoms with E-state index in [9.17, 15) is 91.6 Å². The Hall–Kier alpha value is -1.65. The Bertz CT molecular complexity index is 1590. The number of carbonyl (C=O) groups is 1. The van der Waals surface area contributed by atoms with Crippen molar-refractivity contribution in [2.24, 2.45) is 0 Å². The van der Waals surface area contributed by atoms with Gasteiger partial charge in [-0.25, -0.2) is 0 Å². The number of nitrogens with one attached hydrogen (secondary N) is 1. The van der Waals surface area contributed by atoms with Crippen LogP contribution in [0, 0.1) is 0 Å². The third-order valence-electron chi connectivity index (χ3n) is 12.8. The topological polar surface area (TPSA) is 475 Å². The third kappa shape index (κ3) is 11.4. The lowest BCUT2D eigenvalue weighted by Gasteiger charge is -2.52. The molecule has 1 unspecified atom stereocenters. The number of amides is 1. The van der Waals surface area contributed by atoms with E-state index in [0.717, 1.165) is 6.92 Å². The average molecular weight is 1000 g/mol. The average Bonchev–Trinajstić information content (AvgIpc) is 3.31. The summed E-state index contributed by atoms with van der Waals surface area (Å²) in [5.74, 6) is -0.888. The molecule has 6 aliphatic rings. The molecule has 396 valence electrons. The number of hydrogen-bond acceptors (Lipinski definition) is 29. The molecule has 18 N–H and O–H groups in total. The van der Waals surface area contributed by atoms with Gasteiger partial charge in [0.25, 0.3) is 0 Å². The number of aliphatic hydroxyl groups excluding tert-OH is 17. The molecule has 1 amide bonds. The lowest BCUT2D eigenvalue weighted by molar-refractivity contribution is -0.407. The van der Waals surface area contributed by atoms with Gasteiger partial charge in [-0.3, -0.25) is 4.79 Å². The Morgan fingerprint density at radius 2 is 0.779 bits per heavy atom. The smallest absolute Gasteiger partial charge is 0.217 e. The summed E-state index contributed by atoms with van der Waals surface area (Å²) in [4.78, 5) is 13.1. The molecular formula is C38H65NO29. The van der Waals surface area contributed by atoms with Gasteiger partial charge in [0.05, 0.1) is 38.6 Å². The third-order valence-corrected chi connectivity index (χ3v) is 12.8. The van der Waals surface area contributed by atoms with Crippen LogP contribution < -0.4 is 5.32 Å². The lowest BCUT2D eigenvalue weighted by atomic mass is 9.93. The summed E-state index contributed by atoms with van der Waals surface area (Å²) >= 11 is 0. The van der Waals surface area contributed by atoms with Gasteiger partial charge in [-0.15, -0.1) is 0 Å². The van der Waals surface area contributed by atoms with Gasteiger partial charge in [0.15, 0.2) is 37.7 Å². The molecule has 6 fully saturated rings. The van der Waals surface area contributed by atoms with Crippen molar-refractivity contribution in [2.45, 2.75) is 205 Å². The van der Waals surface area contributed by atoms with Crippen LogP contribution in [-0.4, -0.2) is 303 Å². The standard InChI is InChI=1S/C38H65NO29/c1-8-16(45)20(49)25(54)35(58-8)66-30-15(39-10(3)44)34(63-14(7-43)29(30)65-37-27(56)22(51)18(47)11(4-40)61-37)67-31-19(48)12(5-41)62-38(64-28-13(6-42)60-33(57)24(53)23(28)52)32(31)68-36-26(55)21(50)17(46)9(2)59-36/h8-9,11-38,40-43,45-57H,4-7H2,1-3H3,(H,39,44)/t8-,9-,11-,12-,13-,14-,15-,16+,17+,18+,19+,20+,21+,22+,23-,24-,25-,26-,27-,28-,29-,30-,31+,32-,33?,34+,35-,36-,37+,38+/m1/s1. The molecular weight excluding hydrogens is 934 g/mol. The van der Waals surface area contributed by atoms with E-state index in [1.165, 1.54) is 13.8 Å². The van der Waals surface area contributed by atoms with Crippen LogP contribution in [-0.2, 0) is 56.9 Å². The van der Waals surface area contributed by atoms with E-state index in [1.54, 1.807) is 0 Å². The summed E-state index contributed by atoms with van der Waals surface area (Å²) in [5.41, 5.74) is 0. The van der Waals surface area contributed by atoms with Gasteiger partial charge in [-0.05, 0) is 13.8 Å². The lowest BCUT2D eigenvalue weighted by Crippen LogP contribution is -2.71. The molecule has 0 aliphatic carbocycles. The number of ether oxygens (including phenoxy) is 11. The van der Waals surface area contributed by atoms with Crippen LogP contribution in [0.5, 0.6) is 0 Å². The zero-order chi connectivity index (χ0) is 50.2. The maximum Gasteiger partial charge on any atom is 0.217 e. The Morgan fingerprint density at radius 1 is 0.382 bits per heavy atom. The van der Waals surface area contributed by atoms with E-state index in [0.29, 0.717) is 0 Å². The molecule has 0 spiro atoms. The summed E-state index contributed by atoms with van der Waals surface area (Å²) in [6.45, 7) is -0.407. The SMILES string of the molecule is CC(=O)N[C@H]1[C@H](O[C@H]2[C@@H](O)[C@@H](CO)O[C@@H](O[C@H]3[C@H](O)[C@@H](O)C(O)O[C@@H]3CO)[C@@H]2O[C@H]2O[C@H](C)[C@H](O)[C@H](O)[C@H]2O)O[C@H](CO)[C@@H](O[C@@H]2O[C@H](CO)[C@H](O)[C@H](O)[C@H]2O)[C@@H]1O[C@H]1O[C@H](C)[C@H](O)[C@H](O)[C@H]1O. The van der Waals surface area contributed by atoms with Gasteiger partial charge in [0, 0.05) is 6.92 Å². The predicted molar refractivity (Wildman–Crippen MR) is 208 cm³/mol. The second-order valence-corrected chi connectivity index (χ2v) is 17.5. The summed E-state index contributed by atoms with van der Waals surface area (Å²) in [6, 6.07) is -1.85. The maximum absolute atomic E-state index is 13.1. The number of aliphatic hydroxyl groups is 17. The van der Waals surface area contributed by atoms with Crippen LogP contribution in [0.15, 0.2) is 0 Å². The Balaban J connectivity index is 1.43. The van der Waals surface area contributed by atoms with Gasteiger partial charge in [-0.1, -0.05) is 0 Å². The number of hydrogen-bond donors (Lipinski definition) is 18. The Kier molecular flexibility index (Phi) is 19.2. The summed E-state index contributed by atoms with van der Waals surface area (Å²) in [6.07, 6.45) is -54.5. The predicted octanol–water partition coefficient (Wildman–Crippen LogP) is -11.9. The highest BCUT2D eigenvalue weighted by Crippen LogP contribution is 2.38. The zero-order valence-corrected chi connectivity index (χ0v) is 36.7. The van der Waals surface area contributed by atoms with Crippen molar-refractivity contribution in [3.05, 3.63) is 0 Å². The van der Waals surface area contributed by atoms with Gasteiger partial charge >= 0.3 is 0 Å². The van der Waals surface area contributed by atoms with E-state index < -0.39 is 217 Å². The van der Waals surface area contributed by atoms with Crippen molar-refractivity contribution in [1.29, 1.82) is 0 Å². The quantitative estimate of drug-likeness (QED) is 0.0724. The highest BCUT2D eigenvalue weighted by Gasteiger charge is 2.59. The summed E-state index contributed by atoms with van der Waals surface area (Å²) in [7, 11) is 0. The van der Waals surface area contributed by atoms with E-state index in [2.05, 4.69) is 5.32 Å². The van der Waals surface area contributed by atoms with E-state index >= 15 is 0 Å². The highest BCUT2D eigenvalue weighted by atomic mass is 16.8. The fourth-order valence-corrected chi connectivity index (χ4v) is 8.77. The van der Waals surface area contributed by atoms with Crippen LogP contribution in [0.4, 0.5) is 0 Å². The monoisotopic (exact) mass is 999 g/mol. The van der Waals surface area contributed by atoms with Gasteiger partial charge in [0.1, 0.15) is 134 Å². The molecule has 6 aliphatic heterocycles. The van der Waals surface area contributed by atoms with E-state index in [4.69, 9.17) is 52.1 Å². The first kappa shape index (κ1) is 55.7. The van der Waals surface area contributed by atoms with Crippen molar-refractivity contribution in [3.8, 4) is 0 Å². The normalized spacial score (nSPS) is 52.6. The molecule has 6 heterocycles. The van der Waals surface area contributed by atoms with Crippen LogP contribution in [0.25, 0.3) is 0 Å². The second-order valence-electron chi connectivity index (χ2n) is 17.5. The van der Waals surface area contributed by atoms with Gasteiger partial charge in [0.2, 0.25) is 5.91 Å². The number of rotatable bonds is 15. The summed E-state index contributed by atoms with van der Waals surface area (Å²) in [5, 5.41) is 184. The molecule has 0 aromatic rings. The molecule has 30 atom stereocenters. The molecule has 0 radical (unpaired) electrons. The molecule has 0 aromatic heterocycles. The highest BCUT2D eigenvalue weighted by molar-refractivity contribution is 5.73. The molecule has 68 heavy (non-hydrogen) atoms. The van der Waals surface area contributed by atoms with E-state index in [-0.39, 0.29) is 0 Å². The van der Waals surface area contributed by atoms with Crippen molar-refractivity contribution < 1.29 is 144 Å². The zero-order valence-electron chi connectivity index (χ0n) is 36.7. The molecule has 30 nitrogen and oxygen atoms in total.